The van der Waals surface area contributed by atoms with E-state index in [4.69, 9.17) is 14.5 Å². The van der Waals surface area contributed by atoms with Crippen LogP contribution in [0.15, 0.2) is 58.3 Å². The maximum Gasteiger partial charge on any atom is 0.309 e. The number of carbonyl (C=O) groups is 1. The van der Waals surface area contributed by atoms with Crippen molar-refractivity contribution >= 4 is 34.7 Å². The van der Waals surface area contributed by atoms with Crippen molar-refractivity contribution in [1.82, 2.24) is 4.98 Å². The van der Waals surface area contributed by atoms with Crippen LogP contribution in [0.3, 0.4) is 0 Å². The molecule has 2 heterocycles. The Hall–Kier alpha value is -2.83. The molecule has 0 amide bonds. The van der Waals surface area contributed by atoms with Gasteiger partial charge in [-0.1, -0.05) is 43.8 Å². The highest BCUT2D eigenvalue weighted by molar-refractivity contribution is 7.99. The van der Waals surface area contributed by atoms with Crippen LogP contribution in [-0.4, -0.2) is 35.4 Å². The van der Waals surface area contributed by atoms with Crippen LogP contribution in [0.2, 0.25) is 0 Å². The number of nitrogens with zero attached hydrogens (tertiary/aromatic N) is 1. The molecule has 0 unspecified atom stereocenters. The SMILES string of the molecule is COc1ccc2nc(C3CC3)c(/C=C/[C@@H]3C[C@@H](O)CC(=O)O3)c(Sc3ccc(C(C)C)cc3)c2c1. The quantitative estimate of drug-likeness (QED) is 0.383. The average molecular weight is 490 g/mol. The van der Waals surface area contributed by atoms with Gasteiger partial charge in [0.05, 0.1) is 30.8 Å². The smallest absolute Gasteiger partial charge is 0.309 e. The standard InChI is InChI=1S/C29H31NO4S/c1-17(2)18-6-10-23(11-7-18)35-29-24(12-8-22-14-20(31)15-27(32)34-22)28(19-4-5-19)30-26-13-9-21(33-3)16-25(26)29/h6-13,16-17,19-20,22,31H,4-5,14-15H2,1-3H3/b12-8+/t20-,22-/m1/s1. The first-order chi connectivity index (χ1) is 16.9. The summed E-state index contributed by atoms with van der Waals surface area (Å²) in [5, 5.41) is 11.1. The van der Waals surface area contributed by atoms with Crippen LogP contribution in [0.4, 0.5) is 0 Å². The molecule has 1 N–H and O–H groups in total. The van der Waals surface area contributed by atoms with Gasteiger partial charge in [-0.25, -0.2) is 0 Å². The molecule has 2 aromatic carbocycles. The minimum absolute atomic E-state index is 0.0580. The highest BCUT2D eigenvalue weighted by atomic mass is 32.2. The molecule has 1 saturated heterocycles. The number of methoxy groups -OCH3 is 1. The molecular formula is C29H31NO4S. The van der Waals surface area contributed by atoms with E-state index in [-0.39, 0.29) is 12.4 Å². The van der Waals surface area contributed by atoms with Crippen molar-refractivity contribution in [2.24, 2.45) is 0 Å². The first-order valence-corrected chi connectivity index (χ1v) is 13.1. The summed E-state index contributed by atoms with van der Waals surface area (Å²) >= 11 is 1.73. The number of cyclic esters (lactones) is 1. The lowest BCUT2D eigenvalue weighted by molar-refractivity contribution is -0.156. The number of carbonyl (C=O) groups excluding carboxylic acids is 1. The van der Waals surface area contributed by atoms with Gasteiger partial charge in [-0.2, -0.15) is 0 Å². The molecule has 35 heavy (non-hydrogen) atoms. The van der Waals surface area contributed by atoms with Crippen LogP contribution >= 0.6 is 11.8 Å². The third-order valence-electron chi connectivity index (χ3n) is 6.61. The second kappa shape index (κ2) is 10.0. The fourth-order valence-electron chi connectivity index (χ4n) is 4.48. The molecule has 3 aromatic rings. The summed E-state index contributed by atoms with van der Waals surface area (Å²) in [7, 11) is 1.67. The van der Waals surface area contributed by atoms with Gasteiger partial charge in [-0.05, 0) is 60.7 Å². The number of aliphatic hydroxyl groups excluding tert-OH is 1. The van der Waals surface area contributed by atoms with Crippen molar-refractivity contribution in [1.29, 1.82) is 0 Å². The molecule has 0 radical (unpaired) electrons. The Kier molecular flexibility index (Phi) is 6.85. The number of benzene rings is 2. The van der Waals surface area contributed by atoms with E-state index in [2.05, 4.69) is 38.1 Å². The van der Waals surface area contributed by atoms with Crippen LogP contribution in [0.5, 0.6) is 5.75 Å². The molecule has 182 valence electrons. The summed E-state index contributed by atoms with van der Waals surface area (Å²) < 4.78 is 11.0. The summed E-state index contributed by atoms with van der Waals surface area (Å²) in [6.45, 7) is 4.40. The number of pyridine rings is 1. The van der Waals surface area contributed by atoms with Gasteiger partial charge in [0.15, 0.2) is 0 Å². The molecule has 6 heteroatoms. The lowest BCUT2D eigenvalue weighted by atomic mass is 10.0. The van der Waals surface area contributed by atoms with Gasteiger partial charge in [-0.15, -0.1) is 0 Å². The van der Waals surface area contributed by atoms with Crippen molar-refractivity contribution < 1.29 is 19.4 Å². The Morgan fingerprint density at radius 1 is 1.17 bits per heavy atom. The molecule has 1 aromatic heterocycles. The van der Waals surface area contributed by atoms with E-state index < -0.39 is 12.2 Å². The Labute approximate surface area is 210 Å². The lowest BCUT2D eigenvalue weighted by Gasteiger charge is -2.23. The predicted molar refractivity (Wildman–Crippen MR) is 139 cm³/mol. The maximum absolute atomic E-state index is 11.9. The first-order valence-electron chi connectivity index (χ1n) is 12.3. The molecule has 1 aliphatic heterocycles. The summed E-state index contributed by atoms with van der Waals surface area (Å²) in [5.74, 6) is 1.34. The van der Waals surface area contributed by atoms with Gasteiger partial charge < -0.3 is 14.6 Å². The molecule has 1 saturated carbocycles. The van der Waals surface area contributed by atoms with E-state index in [1.54, 1.807) is 18.9 Å². The van der Waals surface area contributed by atoms with Gasteiger partial charge in [0.1, 0.15) is 11.9 Å². The molecule has 2 aliphatic rings. The van der Waals surface area contributed by atoms with Gasteiger partial charge in [0, 0.05) is 33.1 Å². The van der Waals surface area contributed by atoms with E-state index in [9.17, 15) is 9.90 Å². The number of rotatable bonds is 7. The fraction of sp³-hybridized carbons (Fsp3) is 0.379. The average Bonchev–Trinajstić information content (AvgIpc) is 3.68. The number of esters is 1. The van der Waals surface area contributed by atoms with Gasteiger partial charge >= 0.3 is 5.97 Å². The van der Waals surface area contributed by atoms with Gasteiger partial charge in [0.25, 0.3) is 0 Å². The zero-order valence-corrected chi connectivity index (χ0v) is 21.2. The molecule has 0 bridgehead atoms. The van der Waals surface area contributed by atoms with Crippen LogP contribution in [0.25, 0.3) is 17.0 Å². The van der Waals surface area contributed by atoms with E-state index >= 15 is 0 Å². The number of fused-ring (bicyclic) bond motifs is 1. The van der Waals surface area contributed by atoms with Crippen LogP contribution in [0, 0.1) is 0 Å². The zero-order chi connectivity index (χ0) is 24.5. The second-order valence-corrected chi connectivity index (χ2v) is 10.8. The predicted octanol–water partition coefficient (Wildman–Crippen LogP) is 6.48. The largest absolute Gasteiger partial charge is 0.497 e. The zero-order valence-electron chi connectivity index (χ0n) is 20.4. The Balaban J connectivity index is 1.62. The number of aromatic nitrogens is 1. The van der Waals surface area contributed by atoms with E-state index in [0.717, 1.165) is 50.5 Å². The molecule has 5 nitrogen and oxygen atoms in total. The highest BCUT2D eigenvalue weighted by Crippen LogP contribution is 2.47. The molecular weight excluding hydrogens is 458 g/mol. The molecule has 2 atom stereocenters. The van der Waals surface area contributed by atoms with Crippen molar-refractivity contribution in [3.05, 3.63) is 65.4 Å². The highest BCUT2D eigenvalue weighted by Gasteiger charge is 2.30. The Morgan fingerprint density at radius 2 is 1.94 bits per heavy atom. The minimum atomic E-state index is -0.666. The summed E-state index contributed by atoms with van der Waals surface area (Å²) in [4.78, 5) is 19.2. The van der Waals surface area contributed by atoms with Crippen LogP contribution in [0.1, 0.15) is 68.2 Å². The fourth-order valence-corrected chi connectivity index (χ4v) is 5.54. The third-order valence-corrected chi connectivity index (χ3v) is 7.76. The normalized spacial score (nSPS) is 20.5. The second-order valence-electron chi connectivity index (χ2n) is 9.70. The van der Waals surface area contributed by atoms with Crippen molar-refractivity contribution in [3.8, 4) is 5.75 Å². The molecule has 5 rings (SSSR count). The summed E-state index contributed by atoms with van der Waals surface area (Å²) in [5.41, 5.74) is 4.41. The molecule has 2 fully saturated rings. The molecule has 0 spiro atoms. The maximum atomic E-state index is 11.9. The van der Waals surface area contributed by atoms with E-state index in [1.807, 2.05) is 30.4 Å². The Bertz CT molecular complexity index is 1260. The number of hydrogen-bond acceptors (Lipinski definition) is 6. The van der Waals surface area contributed by atoms with Crippen LogP contribution in [-0.2, 0) is 9.53 Å². The summed E-state index contributed by atoms with van der Waals surface area (Å²) in [6, 6.07) is 14.8. The van der Waals surface area contributed by atoms with Crippen molar-refractivity contribution in [3.63, 3.8) is 0 Å². The van der Waals surface area contributed by atoms with Crippen molar-refractivity contribution in [2.75, 3.05) is 7.11 Å². The Morgan fingerprint density at radius 3 is 2.60 bits per heavy atom. The van der Waals surface area contributed by atoms with E-state index in [0.29, 0.717) is 18.3 Å². The topological polar surface area (TPSA) is 68.7 Å². The number of aliphatic hydroxyl groups is 1. The monoisotopic (exact) mass is 489 g/mol. The minimum Gasteiger partial charge on any atom is -0.497 e. The first kappa shape index (κ1) is 23.9. The van der Waals surface area contributed by atoms with Crippen LogP contribution < -0.4 is 4.74 Å². The summed E-state index contributed by atoms with van der Waals surface area (Å²) in [6.07, 6.45) is 5.56. The van der Waals surface area contributed by atoms with Gasteiger partial charge in [-0.3, -0.25) is 9.78 Å². The lowest BCUT2D eigenvalue weighted by Crippen LogP contribution is -2.31. The number of hydrogen-bond donors (Lipinski definition) is 1. The third kappa shape index (κ3) is 5.39. The number of ether oxygens (including phenoxy) is 2. The van der Waals surface area contributed by atoms with Crippen molar-refractivity contribution in [2.45, 2.75) is 73.4 Å². The van der Waals surface area contributed by atoms with E-state index in [1.165, 1.54) is 5.56 Å². The molecule has 1 aliphatic carbocycles. The van der Waals surface area contributed by atoms with Gasteiger partial charge in [0.2, 0.25) is 0 Å².